The van der Waals surface area contributed by atoms with Gasteiger partial charge in [-0.05, 0) is 46.2 Å². The summed E-state index contributed by atoms with van der Waals surface area (Å²) in [5, 5.41) is 0. The number of carbonyl (C=O) groups is 1. The lowest BCUT2D eigenvalue weighted by atomic mass is 10.1. The Balaban J connectivity index is 1.97. The van der Waals surface area contributed by atoms with E-state index in [1.54, 1.807) is 7.11 Å². The van der Waals surface area contributed by atoms with E-state index in [1.807, 2.05) is 7.05 Å². The summed E-state index contributed by atoms with van der Waals surface area (Å²) in [6.45, 7) is 6.29. The van der Waals surface area contributed by atoms with Gasteiger partial charge in [0, 0.05) is 43.3 Å². The van der Waals surface area contributed by atoms with Crippen molar-refractivity contribution in [2.75, 3.05) is 33.9 Å². The molecule has 0 spiro atoms. The summed E-state index contributed by atoms with van der Waals surface area (Å²) in [5.74, 6) is 0.227. The summed E-state index contributed by atoms with van der Waals surface area (Å²) in [6.07, 6.45) is 3.46. The maximum absolute atomic E-state index is 12.4. The largest absolute Gasteiger partial charge is 0.385 e. The van der Waals surface area contributed by atoms with Gasteiger partial charge in [0.05, 0.1) is 6.54 Å². The third kappa shape index (κ3) is 3.49. The number of likely N-dealkylation sites (N-methyl/N-ethyl adjacent to an activating group) is 1. The number of hydrogen-bond donors (Lipinski definition) is 0. The molecule has 4 heteroatoms. The van der Waals surface area contributed by atoms with E-state index in [0.29, 0.717) is 12.6 Å². The lowest BCUT2D eigenvalue weighted by Crippen LogP contribution is -2.27. The van der Waals surface area contributed by atoms with Crippen LogP contribution in [-0.2, 0) is 4.74 Å². The Morgan fingerprint density at radius 3 is 2.75 bits per heavy atom. The summed E-state index contributed by atoms with van der Waals surface area (Å²) in [7, 11) is 3.70. The van der Waals surface area contributed by atoms with Crippen molar-refractivity contribution in [1.82, 2.24) is 9.47 Å². The maximum atomic E-state index is 12.4. The van der Waals surface area contributed by atoms with Crippen molar-refractivity contribution in [3.8, 4) is 0 Å². The second-order valence-corrected chi connectivity index (χ2v) is 5.89. The van der Waals surface area contributed by atoms with Crippen LogP contribution in [0.15, 0.2) is 6.07 Å². The van der Waals surface area contributed by atoms with Crippen LogP contribution >= 0.6 is 0 Å². The highest BCUT2D eigenvalue weighted by molar-refractivity contribution is 5.99. The standard InChI is InChI=1S/C16H26N2O2/c1-12-10-15(13(2)18(12)14-6-7-14)16(19)11-17(3)8-5-9-20-4/h10,14H,5-9,11H2,1-4H3. The topological polar surface area (TPSA) is 34.5 Å². The SMILES string of the molecule is COCCCN(C)CC(=O)c1cc(C)n(C2CC2)c1C. The number of Topliss-reactive ketones (excluding diaryl/α,β-unsaturated/α-hetero) is 1. The van der Waals surface area contributed by atoms with Gasteiger partial charge in [-0.2, -0.15) is 0 Å². The predicted molar refractivity (Wildman–Crippen MR) is 80.5 cm³/mol. The molecule has 0 aliphatic heterocycles. The fraction of sp³-hybridized carbons (Fsp3) is 0.688. The molecule has 1 fully saturated rings. The van der Waals surface area contributed by atoms with Gasteiger partial charge in [0.2, 0.25) is 0 Å². The van der Waals surface area contributed by atoms with E-state index in [1.165, 1.54) is 18.5 Å². The van der Waals surface area contributed by atoms with E-state index in [9.17, 15) is 4.79 Å². The van der Waals surface area contributed by atoms with Crippen molar-refractivity contribution in [3.05, 3.63) is 23.0 Å². The Kier molecular flexibility index (Phi) is 5.00. The Morgan fingerprint density at radius 2 is 2.15 bits per heavy atom. The summed E-state index contributed by atoms with van der Waals surface area (Å²) in [5.41, 5.74) is 3.25. The number of carbonyl (C=O) groups excluding carboxylic acids is 1. The average Bonchev–Trinajstić information content (AvgIpc) is 3.16. The molecule has 1 aromatic heterocycles. The first-order valence-electron chi connectivity index (χ1n) is 7.43. The third-order valence-corrected chi connectivity index (χ3v) is 4.00. The number of methoxy groups -OCH3 is 1. The minimum atomic E-state index is 0.227. The first-order valence-corrected chi connectivity index (χ1v) is 7.43. The molecule has 0 amide bonds. The Hall–Kier alpha value is -1.13. The van der Waals surface area contributed by atoms with Crippen LogP contribution in [0.1, 0.15) is 47.1 Å². The van der Waals surface area contributed by atoms with E-state index in [-0.39, 0.29) is 5.78 Å². The highest BCUT2D eigenvalue weighted by Gasteiger charge is 2.28. The quantitative estimate of drug-likeness (QED) is 0.541. The van der Waals surface area contributed by atoms with E-state index in [4.69, 9.17) is 4.74 Å². The number of nitrogens with zero attached hydrogens (tertiary/aromatic N) is 2. The second kappa shape index (κ2) is 6.55. The van der Waals surface area contributed by atoms with Crippen LogP contribution in [0.4, 0.5) is 0 Å². The Morgan fingerprint density at radius 1 is 1.45 bits per heavy atom. The van der Waals surface area contributed by atoms with Gasteiger partial charge in [-0.25, -0.2) is 0 Å². The fourth-order valence-electron chi connectivity index (χ4n) is 2.84. The van der Waals surface area contributed by atoms with Gasteiger partial charge in [-0.1, -0.05) is 0 Å². The van der Waals surface area contributed by atoms with E-state index in [2.05, 4.69) is 29.4 Å². The van der Waals surface area contributed by atoms with Gasteiger partial charge in [-0.3, -0.25) is 9.69 Å². The van der Waals surface area contributed by atoms with Crippen molar-refractivity contribution < 1.29 is 9.53 Å². The van der Waals surface area contributed by atoms with Crippen LogP contribution in [0.25, 0.3) is 0 Å². The number of ketones is 1. The van der Waals surface area contributed by atoms with Crippen molar-refractivity contribution in [1.29, 1.82) is 0 Å². The Labute approximate surface area is 121 Å². The maximum Gasteiger partial charge on any atom is 0.178 e. The van der Waals surface area contributed by atoms with Gasteiger partial charge in [-0.15, -0.1) is 0 Å². The number of aromatic nitrogens is 1. The van der Waals surface area contributed by atoms with Crippen LogP contribution in [0, 0.1) is 13.8 Å². The molecule has 1 heterocycles. The van der Waals surface area contributed by atoms with Crippen LogP contribution in [-0.4, -0.2) is 49.1 Å². The molecular formula is C16H26N2O2. The lowest BCUT2D eigenvalue weighted by Gasteiger charge is -2.15. The van der Waals surface area contributed by atoms with Crippen LogP contribution in [0.5, 0.6) is 0 Å². The molecule has 112 valence electrons. The minimum Gasteiger partial charge on any atom is -0.385 e. The van der Waals surface area contributed by atoms with Crippen LogP contribution in [0.3, 0.4) is 0 Å². The molecule has 1 saturated carbocycles. The van der Waals surface area contributed by atoms with Crippen molar-refractivity contribution in [3.63, 3.8) is 0 Å². The molecule has 20 heavy (non-hydrogen) atoms. The predicted octanol–water partition coefficient (Wildman–Crippen LogP) is 2.59. The molecule has 0 aromatic carbocycles. The average molecular weight is 278 g/mol. The van der Waals surface area contributed by atoms with E-state index in [0.717, 1.165) is 30.8 Å². The normalized spacial score (nSPS) is 15.1. The molecule has 0 N–H and O–H groups in total. The molecule has 1 aliphatic rings. The van der Waals surface area contributed by atoms with Crippen LogP contribution < -0.4 is 0 Å². The Bertz CT molecular complexity index is 475. The molecule has 2 rings (SSSR count). The van der Waals surface area contributed by atoms with Gasteiger partial charge in [0.1, 0.15) is 0 Å². The first kappa shape index (κ1) is 15.3. The van der Waals surface area contributed by atoms with Crippen molar-refractivity contribution >= 4 is 5.78 Å². The van der Waals surface area contributed by atoms with E-state index >= 15 is 0 Å². The molecule has 1 aliphatic carbocycles. The molecule has 0 saturated heterocycles. The third-order valence-electron chi connectivity index (χ3n) is 4.00. The van der Waals surface area contributed by atoms with Crippen molar-refractivity contribution in [2.45, 2.75) is 39.2 Å². The van der Waals surface area contributed by atoms with Gasteiger partial charge < -0.3 is 9.30 Å². The van der Waals surface area contributed by atoms with E-state index < -0.39 is 0 Å². The first-order chi connectivity index (χ1) is 9.54. The molecule has 0 unspecified atom stereocenters. The highest BCUT2D eigenvalue weighted by Crippen LogP contribution is 2.38. The molecule has 0 bridgehead atoms. The number of aryl methyl sites for hydroxylation is 1. The lowest BCUT2D eigenvalue weighted by molar-refractivity contribution is 0.0938. The van der Waals surface area contributed by atoms with Crippen LogP contribution in [0.2, 0.25) is 0 Å². The molecule has 0 atom stereocenters. The smallest absolute Gasteiger partial charge is 0.178 e. The summed E-state index contributed by atoms with van der Waals surface area (Å²) < 4.78 is 7.37. The monoisotopic (exact) mass is 278 g/mol. The molecule has 4 nitrogen and oxygen atoms in total. The van der Waals surface area contributed by atoms with Crippen molar-refractivity contribution in [2.24, 2.45) is 0 Å². The molecule has 1 aromatic rings. The highest BCUT2D eigenvalue weighted by atomic mass is 16.5. The number of rotatable bonds is 8. The zero-order valence-electron chi connectivity index (χ0n) is 13.1. The second-order valence-electron chi connectivity index (χ2n) is 5.89. The zero-order valence-corrected chi connectivity index (χ0v) is 13.1. The molecule has 0 radical (unpaired) electrons. The summed E-state index contributed by atoms with van der Waals surface area (Å²) in [6, 6.07) is 2.69. The zero-order chi connectivity index (χ0) is 14.7. The molecular weight excluding hydrogens is 252 g/mol. The van der Waals surface area contributed by atoms with Gasteiger partial charge >= 0.3 is 0 Å². The number of hydrogen-bond acceptors (Lipinski definition) is 3. The van der Waals surface area contributed by atoms with Gasteiger partial charge in [0.15, 0.2) is 5.78 Å². The summed E-state index contributed by atoms with van der Waals surface area (Å²) in [4.78, 5) is 14.5. The summed E-state index contributed by atoms with van der Waals surface area (Å²) >= 11 is 0. The number of ether oxygens (including phenoxy) is 1. The fourth-order valence-corrected chi connectivity index (χ4v) is 2.84. The van der Waals surface area contributed by atoms with Gasteiger partial charge in [0.25, 0.3) is 0 Å². The minimum absolute atomic E-state index is 0.227.